The maximum Gasteiger partial charge on any atom is 0.132 e. The lowest BCUT2D eigenvalue weighted by atomic mass is 10.1. The van der Waals surface area contributed by atoms with Crippen molar-refractivity contribution in [2.75, 3.05) is 19.1 Å². The minimum atomic E-state index is -0.147. The topological polar surface area (TPSA) is 29.3 Å². The van der Waals surface area contributed by atoms with Crippen molar-refractivity contribution in [1.29, 1.82) is 0 Å². The molecular formula is C14H23FN2S. The maximum absolute atomic E-state index is 14.1. The fourth-order valence-corrected chi connectivity index (χ4v) is 2.93. The summed E-state index contributed by atoms with van der Waals surface area (Å²) >= 11 is 1.83. The average molecular weight is 270 g/mol. The van der Waals surface area contributed by atoms with Gasteiger partial charge in [0.2, 0.25) is 0 Å². The van der Waals surface area contributed by atoms with E-state index in [-0.39, 0.29) is 12.4 Å². The van der Waals surface area contributed by atoms with E-state index in [1.54, 1.807) is 6.07 Å². The molecule has 102 valence electrons. The summed E-state index contributed by atoms with van der Waals surface area (Å²) in [5.41, 5.74) is 6.86. The second-order valence-electron chi connectivity index (χ2n) is 4.53. The highest BCUT2D eigenvalue weighted by molar-refractivity contribution is 7.98. The summed E-state index contributed by atoms with van der Waals surface area (Å²) in [6.07, 6.45) is 3.18. The third-order valence-electron chi connectivity index (χ3n) is 3.25. The lowest BCUT2D eigenvalue weighted by molar-refractivity contribution is 0.244. The normalized spacial score (nSPS) is 13.0. The summed E-state index contributed by atoms with van der Waals surface area (Å²) in [6.45, 7) is 3.06. The second-order valence-corrected chi connectivity index (χ2v) is 5.44. The first-order valence-electron chi connectivity index (χ1n) is 6.29. The van der Waals surface area contributed by atoms with Gasteiger partial charge in [0.15, 0.2) is 0 Å². The minimum absolute atomic E-state index is 0.147. The van der Waals surface area contributed by atoms with Crippen LogP contribution in [-0.2, 0) is 13.1 Å². The third kappa shape index (κ3) is 3.97. The van der Waals surface area contributed by atoms with Crippen LogP contribution in [-0.4, -0.2) is 30.0 Å². The maximum atomic E-state index is 14.1. The van der Waals surface area contributed by atoms with Crippen molar-refractivity contribution in [1.82, 2.24) is 4.90 Å². The van der Waals surface area contributed by atoms with Gasteiger partial charge in [-0.15, -0.1) is 0 Å². The third-order valence-corrected chi connectivity index (χ3v) is 3.97. The SMILES string of the molecule is CCC(CSC)N(C)Cc1cccc(CN)c1F. The molecule has 0 aliphatic heterocycles. The van der Waals surface area contributed by atoms with E-state index >= 15 is 0 Å². The van der Waals surface area contributed by atoms with Crippen LogP contribution in [0.2, 0.25) is 0 Å². The van der Waals surface area contributed by atoms with Crippen LogP contribution in [0.1, 0.15) is 24.5 Å². The molecular weight excluding hydrogens is 247 g/mol. The number of hydrogen-bond acceptors (Lipinski definition) is 3. The molecule has 2 N–H and O–H groups in total. The summed E-state index contributed by atoms with van der Waals surface area (Å²) in [6, 6.07) is 5.96. The van der Waals surface area contributed by atoms with Crippen molar-refractivity contribution >= 4 is 11.8 Å². The largest absolute Gasteiger partial charge is 0.326 e. The van der Waals surface area contributed by atoms with Gasteiger partial charge in [0.25, 0.3) is 0 Å². The minimum Gasteiger partial charge on any atom is -0.326 e. The zero-order valence-corrected chi connectivity index (χ0v) is 12.3. The van der Waals surface area contributed by atoms with E-state index in [1.807, 2.05) is 23.9 Å². The molecule has 0 radical (unpaired) electrons. The molecule has 1 atom stereocenters. The zero-order valence-electron chi connectivity index (χ0n) is 11.4. The lowest BCUT2D eigenvalue weighted by Crippen LogP contribution is -2.33. The standard InChI is InChI=1S/C14H23FN2S/c1-4-13(10-18-3)17(2)9-12-7-5-6-11(8-16)14(12)15/h5-7,13H,4,8-10,16H2,1-3H3. The Hall–Kier alpha value is -0.580. The van der Waals surface area contributed by atoms with Crippen LogP contribution >= 0.6 is 11.8 Å². The molecule has 0 aromatic heterocycles. The van der Waals surface area contributed by atoms with E-state index in [2.05, 4.69) is 25.1 Å². The molecule has 18 heavy (non-hydrogen) atoms. The summed E-state index contributed by atoms with van der Waals surface area (Å²) in [5.74, 6) is 0.927. The van der Waals surface area contributed by atoms with Crippen LogP contribution in [0.15, 0.2) is 18.2 Å². The fourth-order valence-electron chi connectivity index (χ4n) is 2.06. The molecule has 1 aromatic rings. The van der Waals surface area contributed by atoms with Gasteiger partial charge in [-0.05, 0) is 19.7 Å². The van der Waals surface area contributed by atoms with Gasteiger partial charge in [-0.2, -0.15) is 11.8 Å². The molecule has 0 heterocycles. The number of hydrogen-bond donors (Lipinski definition) is 1. The molecule has 0 amide bonds. The van der Waals surface area contributed by atoms with Gasteiger partial charge in [0, 0.05) is 36.0 Å². The molecule has 0 bridgehead atoms. The Balaban J connectivity index is 2.77. The Kier molecular flexibility index (Phi) is 6.68. The van der Waals surface area contributed by atoms with Gasteiger partial charge in [0.1, 0.15) is 5.82 Å². The molecule has 2 nitrogen and oxygen atoms in total. The molecule has 0 fully saturated rings. The van der Waals surface area contributed by atoms with Gasteiger partial charge in [-0.25, -0.2) is 4.39 Å². The van der Waals surface area contributed by atoms with Crippen LogP contribution in [0.5, 0.6) is 0 Å². The van der Waals surface area contributed by atoms with E-state index < -0.39 is 0 Å². The Morgan fingerprint density at radius 3 is 2.61 bits per heavy atom. The molecule has 1 unspecified atom stereocenters. The molecule has 0 spiro atoms. The van der Waals surface area contributed by atoms with Crippen molar-refractivity contribution in [3.05, 3.63) is 35.1 Å². The van der Waals surface area contributed by atoms with Crippen molar-refractivity contribution in [3.63, 3.8) is 0 Å². The van der Waals surface area contributed by atoms with Gasteiger partial charge < -0.3 is 5.73 Å². The van der Waals surface area contributed by atoms with E-state index in [4.69, 9.17) is 5.73 Å². The zero-order chi connectivity index (χ0) is 13.5. The second kappa shape index (κ2) is 7.77. The number of benzene rings is 1. The van der Waals surface area contributed by atoms with Crippen molar-refractivity contribution < 1.29 is 4.39 Å². The predicted octanol–water partition coefficient (Wildman–Crippen LogP) is 2.86. The average Bonchev–Trinajstić information content (AvgIpc) is 2.38. The van der Waals surface area contributed by atoms with E-state index in [9.17, 15) is 4.39 Å². The van der Waals surface area contributed by atoms with Crippen LogP contribution in [0.4, 0.5) is 4.39 Å². The first-order chi connectivity index (χ1) is 8.63. The Labute approximate surface area is 114 Å². The fraction of sp³-hybridized carbons (Fsp3) is 0.571. The quantitative estimate of drug-likeness (QED) is 0.826. The van der Waals surface area contributed by atoms with Gasteiger partial charge in [-0.1, -0.05) is 25.1 Å². The Bertz CT molecular complexity index is 371. The first-order valence-corrected chi connectivity index (χ1v) is 7.68. The Morgan fingerprint density at radius 1 is 1.39 bits per heavy atom. The molecule has 4 heteroatoms. The number of nitrogens with zero attached hydrogens (tertiary/aromatic N) is 1. The molecule has 1 aromatic carbocycles. The van der Waals surface area contributed by atoms with Crippen LogP contribution in [0.25, 0.3) is 0 Å². The number of halogens is 1. The summed E-state index contributed by atoms with van der Waals surface area (Å²) < 4.78 is 14.1. The molecule has 0 aliphatic carbocycles. The molecule has 0 saturated heterocycles. The van der Waals surface area contributed by atoms with Crippen LogP contribution in [0, 0.1) is 5.82 Å². The van der Waals surface area contributed by atoms with Crippen molar-refractivity contribution in [3.8, 4) is 0 Å². The van der Waals surface area contributed by atoms with Crippen LogP contribution in [0.3, 0.4) is 0 Å². The van der Waals surface area contributed by atoms with Gasteiger partial charge in [0.05, 0.1) is 0 Å². The highest BCUT2D eigenvalue weighted by Gasteiger charge is 2.15. The van der Waals surface area contributed by atoms with Crippen molar-refractivity contribution in [2.24, 2.45) is 5.73 Å². The number of nitrogens with two attached hydrogens (primary N) is 1. The van der Waals surface area contributed by atoms with E-state index in [0.29, 0.717) is 18.2 Å². The van der Waals surface area contributed by atoms with Gasteiger partial charge in [-0.3, -0.25) is 4.90 Å². The summed E-state index contributed by atoms with van der Waals surface area (Å²) in [7, 11) is 2.05. The highest BCUT2D eigenvalue weighted by atomic mass is 32.2. The summed E-state index contributed by atoms with van der Waals surface area (Å²) in [5, 5.41) is 0. The van der Waals surface area contributed by atoms with Crippen LogP contribution < -0.4 is 5.73 Å². The molecule has 0 saturated carbocycles. The van der Waals surface area contributed by atoms with E-state index in [1.165, 1.54) is 0 Å². The van der Waals surface area contributed by atoms with Crippen molar-refractivity contribution in [2.45, 2.75) is 32.5 Å². The van der Waals surface area contributed by atoms with E-state index in [0.717, 1.165) is 17.7 Å². The summed E-state index contributed by atoms with van der Waals surface area (Å²) in [4.78, 5) is 2.22. The Morgan fingerprint density at radius 2 is 2.06 bits per heavy atom. The molecule has 1 rings (SSSR count). The smallest absolute Gasteiger partial charge is 0.132 e. The lowest BCUT2D eigenvalue weighted by Gasteiger charge is -2.27. The number of rotatable bonds is 7. The highest BCUT2D eigenvalue weighted by Crippen LogP contribution is 2.17. The van der Waals surface area contributed by atoms with Gasteiger partial charge >= 0.3 is 0 Å². The molecule has 0 aliphatic rings. The monoisotopic (exact) mass is 270 g/mol. The predicted molar refractivity (Wildman–Crippen MR) is 78.2 cm³/mol. The number of thioether (sulfide) groups is 1. The first kappa shape index (κ1) is 15.5.